The second-order valence-corrected chi connectivity index (χ2v) is 10.8. The summed E-state index contributed by atoms with van der Waals surface area (Å²) >= 11 is 1.58. The Morgan fingerprint density at radius 1 is 0.707 bits per heavy atom. The second kappa shape index (κ2) is 12.1. The number of carbonyl (C=O) groups is 3. The normalized spacial score (nSPS) is 15.9. The molecule has 2 aliphatic heterocycles. The van der Waals surface area contributed by atoms with Gasteiger partial charge in [0.25, 0.3) is 0 Å². The van der Waals surface area contributed by atoms with Gasteiger partial charge in [-0.2, -0.15) is 13.5 Å². The average molecular weight is 584 g/mol. The van der Waals surface area contributed by atoms with Crippen LogP contribution in [-0.4, -0.2) is 58.5 Å². The van der Waals surface area contributed by atoms with E-state index < -0.39 is 24.0 Å². The maximum absolute atomic E-state index is 14.1. The van der Waals surface area contributed by atoms with E-state index in [1.165, 1.54) is 4.90 Å². The third-order valence-electron chi connectivity index (χ3n) is 7.36. The number of rotatable bonds is 4. The van der Waals surface area contributed by atoms with Gasteiger partial charge in [-0.3, -0.25) is 9.69 Å². The Morgan fingerprint density at radius 3 is 1.71 bits per heavy atom. The van der Waals surface area contributed by atoms with Crippen LogP contribution in [0.1, 0.15) is 17.0 Å². The number of fused-ring (bicyclic) bond motifs is 2. The fourth-order valence-electron chi connectivity index (χ4n) is 5.41. The Labute approximate surface area is 249 Å². The molecule has 4 aromatic carbocycles. The molecule has 2 aliphatic rings. The first-order valence-electron chi connectivity index (χ1n) is 13.1. The minimum atomic E-state index is -1.19. The molecule has 6 rings (SSSR count). The van der Waals surface area contributed by atoms with E-state index in [2.05, 4.69) is 0 Å². The van der Waals surface area contributed by atoms with Crippen molar-refractivity contribution in [2.24, 2.45) is 0 Å². The van der Waals surface area contributed by atoms with E-state index in [1.54, 1.807) is 21.6 Å². The summed E-state index contributed by atoms with van der Waals surface area (Å²) < 4.78 is 0. The van der Waals surface area contributed by atoms with Crippen molar-refractivity contribution in [1.29, 1.82) is 0 Å². The van der Waals surface area contributed by atoms with Crippen molar-refractivity contribution in [1.82, 2.24) is 9.80 Å². The molecule has 0 unspecified atom stereocenters. The van der Waals surface area contributed by atoms with Gasteiger partial charge in [0.05, 0.1) is 23.8 Å². The zero-order valence-corrected chi connectivity index (χ0v) is 23.9. The number of aliphatic carboxylic acids is 1. The van der Waals surface area contributed by atoms with Gasteiger partial charge < -0.3 is 14.9 Å². The Morgan fingerprint density at radius 2 is 1.20 bits per heavy atom. The standard InChI is InChI=1S/C32H27N3O4S.H2S/c36-30(29(22-11-3-1-4-12-22)23-13-5-2-6-14-23)33-19-20-34(26(21-33)31(37)38)32(39)35-24-15-7-9-17-27(24)40-28-18-10-8-16-25(28)35;/h1-18,26,29H,19-21H2,(H,37,38);1H2/t26-;/m0./s1. The van der Waals surface area contributed by atoms with Crippen LogP contribution in [0, 0.1) is 0 Å². The molecule has 0 bridgehead atoms. The highest BCUT2D eigenvalue weighted by molar-refractivity contribution is 7.99. The number of carboxylic acids is 1. The van der Waals surface area contributed by atoms with Crippen LogP contribution < -0.4 is 4.90 Å². The highest BCUT2D eigenvalue weighted by atomic mass is 32.2. The van der Waals surface area contributed by atoms with Crippen LogP contribution in [0.4, 0.5) is 16.2 Å². The lowest BCUT2D eigenvalue weighted by Gasteiger charge is -2.43. The molecule has 1 N–H and O–H groups in total. The summed E-state index contributed by atoms with van der Waals surface area (Å²) in [6.45, 7) is 0.240. The summed E-state index contributed by atoms with van der Waals surface area (Å²) in [5.41, 5.74) is 3.10. The molecule has 1 atom stereocenters. The number of carbonyl (C=O) groups excluding carboxylic acids is 2. The Kier molecular flexibility index (Phi) is 8.37. The summed E-state index contributed by atoms with van der Waals surface area (Å²) in [5.74, 6) is -1.90. The molecule has 9 heteroatoms. The van der Waals surface area contributed by atoms with E-state index in [4.69, 9.17) is 0 Å². The Bertz CT molecular complexity index is 1480. The van der Waals surface area contributed by atoms with Crippen molar-refractivity contribution in [2.75, 3.05) is 24.5 Å². The van der Waals surface area contributed by atoms with Crippen molar-refractivity contribution in [2.45, 2.75) is 21.8 Å². The number of carboxylic acid groups (broad SMARTS) is 1. The van der Waals surface area contributed by atoms with Gasteiger partial charge in [-0.05, 0) is 35.4 Å². The monoisotopic (exact) mass is 583 g/mol. The molecule has 0 aliphatic carbocycles. The second-order valence-electron chi connectivity index (χ2n) is 9.74. The number of amides is 3. The molecule has 0 spiro atoms. The SMILES string of the molecule is O=C(O)[C@@H]1CN(C(=O)C(c2ccccc2)c2ccccc2)CCN1C(=O)N1c2ccccc2Sc2ccccc21.S. The number of para-hydroxylation sites is 2. The fourth-order valence-corrected chi connectivity index (χ4v) is 6.47. The summed E-state index contributed by atoms with van der Waals surface area (Å²) in [6.07, 6.45) is 0. The molecule has 4 aromatic rings. The van der Waals surface area contributed by atoms with E-state index in [0.717, 1.165) is 20.9 Å². The third kappa shape index (κ3) is 5.42. The Balaban J connectivity index is 0.00000337. The van der Waals surface area contributed by atoms with Crippen LogP contribution in [0.3, 0.4) is 0 Å². The van der Waals surface area contributed by atoms with E-state index in [1.807, 2.05) is 109 Å². The van der Waals surface area contributed by atoms with Crippen LogP contribution in [0.15, 0.2) is 119 Å². The molecular formula is C32H29N3O4S2. The van der Waals surface area contributed by atoms with Gasteiger partial charge in [-0.15, -0.1) is 0 Å². The van der Waals surface area contributed by atoms with Gasteiger partial charge in [-0.25, -0.2) is 9.59 Å². The lowest BCUT2D eigenvalue weighted by Crippen LogP contribution is -2.62. The summed E-state index contributed by atoms with van der Waals surface area (Å²) in [4.78, 5) is 47.1. The molecule has 41 heavy (non-hydrogen) atoms. The molecule has 7 nitrogen and oxygen atoms in total. The lowest BCUT2D eigenvalue weighted by molar-refractivity contribution is -0.146. The first kappa shape index (κ1) is 28.3. The molecule has 3 amide bonds. The third-order valence-corrected chi connectivity index (χ3v) is 8.49. The van der Waals surface area contributed by atoms with Crippen LogP contribution in [0.25, 0.3) is 0 Å². The van der Waals surface area contributed by atoms with E-state index >= 15 is 0 Å². The van der Waals surface area contributed by atoms with Crippen molar-refractivity contribution < 1.29 is 19.5 Å². The van der Waals surface area contributed by atoms with Crippen molar-refractivity contribution in [3.05, 3.63) is 120 Å². The highest BCUT2D eigenvalue weighted by Gasteiger charge is 2.42. The van der Waals surface area contributed by atoms with Crippen molar-refractivity contribution in [3.63, 3.8) is 0 Å². The predicted molar refractivity (Wildman–Crippen MR) is 164 cm³/mol. The fraction of sp³-hybridized carbons (Fsp3) is 0.156. The van der Waals surface area contributed by atoms with Crippen molar-refractivity contribution >= 4 is 54.5 Å². The quantitative estimate of drug-likeness (QED) is 0.321. The van der Waals surface area contributed by atoms with E-state index in [-0.39, 0.29) is 39.0 Å². The first-order valence-corrected chi connectivity index (χ1v) is 13.9. The number of hydrogen-bond donors (Lipinski definition) is 1. The highest BCUT2D eigenvalue weighted by Crippen LogP contribution is 2.48. The lowest BCUT2D eigenvalue weighted by atomic mass is 9.89. The van der Waals surface area contributed by atoms with Gasteiger partial charge >= 0.3 is 12.0 Å². The summed E-state index contributed by atoms with van der Waals surface area (Å²) in [5, 5.41) is 10.3. The molecule has 1 saturated heterocycles. The number of nitrogens with zero attached hydrogens (tertiary/aromatic N) is 3. The molecule has 2 heterocycles. The number of anilines is 2. The summed E-state index contributed by atoms with van der Waals surface area (Å²) in [7, 11) is 0. The van der Waals surface area contributed by atoms with E-state index in [9.17, 15) is 19.5 Å². The molecule has 0 aromatic heterocycles. The maximum atomic E-state index is 14.1. The zero-order chi connectivity index (χ0) is 27.6. The van der Waals surface area contributed by atoms with Gasteiger partial charge in [0, 0.05) is 22.9 Å². The molecule has 0 saturated carbocycles. The predicted octanol–water partition coefficient (Wildman–Crippen LogP) is 5.95. The van der Waals surface area contributed by atoms with Gasteiger partial charge in [0.2, 0.25) is 5.91 Å². The maximum Gasteiger partial charge on any atom is 0.330 e. The first-order chi connectivity index (χ1) is 19.5. The molecule has 0 radical (unpaired) electrons. The van der Waals surface area contributed by atoms with Crippen LogP contribution in [-0.2, 0) is 9.59 Å². The number of piperazine rings is 1. The number of benzene rings is 4. The minimum absolute atomic E-state index is 0. The molecule has 1 fully saturated rings. The number of urea groups is 1. The van der Waals surface area contributed by atoms with Crippen LogP contribution in [0.2, 0.25) is 0 Å². The molecule has 208 valence electrons. The number of hydrogen-bond acceptors (Lipinski definition) is 4. The van der Waals surface area contributed by atoms with Gasteiger partial charge in [-0.1, -0.05) is 96.7 Å². The van der Waals surface area contributed by atoms with E-state index in [0.29, 0.717) is 11.4 Å². The topological polar surface area (TPSA) is 81.2 Å². The minimum Gasteiger partial charge on any atom is -0.480 e. The van der Waals surface area contributed by atoms with Gasteiger partial charge in [0.1, 0.15) is 6.04 Å². The largest absolute Gasteiger partial charge is 0.480 e. The Hall–Kier alpha value is -4.21. The smallest absolute Gasteiger partial charge is 0.330 e. The summed E-state index contributed by atoms with van der Waals surface area (Å²) in [6, 6.07) is 32.6. The van der Waals surface area contributed by atoms with Gasteiger partial charge in [0.15, 0.2) is 0 Å². The molecular weight excluding hydrogens is 555 g/mol. The van der Waals surface area contributed by atoms with Crippen LogP contribution >= 0.6 is 25.3 Å². The zero-order valence-electron chi connectivity index (χ0n) is 22.1. The van der Waals surface area contributed by atoms with Crippen molar-refractivity contribution in [3.8, 4) is 0 Å². The average Bonchev–Trinajstić information content (AvgIpc) is 3.00. The van der Waals surface area contributed by atoms with Crippen LogP contribution in [0.5, 0.6) is 0 Å².